The average Bonchev–Trinajstić information content (AvgIpc) is 3.04. The summed E-state index contributed by atoms with van der Waals surface area (Å²) in [6.45, 7) is 0.623. The molecule has 1 aromatic rings. The van der Waals surface area contributed by atoms with Crippen LogP contribution < -0.4 is 10.6 Å². The topological polar surface area (TPSA) is 47.7 Å². The lowest BCUT2D eigenvalue weighted by Crippen LogP contribution is -2.51. The van der Waals surface area contributed by atoms with Crippen molar-refractivity contribution in [2.45, 2.75) is 56.3 Å². The van der Waals surface area contributed by atoms with Crippen molar-refractivity contribution in [3.8, 4) is 0 Å². The SMILES string of the molecule is NCc1cc(F)c(N2C3CCC2CC2(CCOO2)C3)cc1F. The molecule has 0 amide bonds. The average molecular weight is 310 g/mol. The summed E-state index contributed by atoms with van der Waals surface area (Å²) in [5, 5.41) is 0. The third kappa shape index (κ3) is 2.13. The fourth-order valence-electron chi connectivity index (χ4n) is 4.34. The predicted molar refractivity (Wildman–Crippen MR) is 77.2 cm³/mol. The van der Waals surface area contributed by atoms with Gasteiger partial charge in [-0.1, -0.05) is 0 Å². The number of benzene rings is 1. The van der Waals surface area contributed by atoms with E-state index in [0.717, 1.165) is 32.1 Å². The molecule has 0 aromatic heterocycles. The summed E-state index contributed by atoms with van der Waals surface area (Å²) in [6, 6.07) is 2.88. The number of hydrogen-bond donors (Lipinski definition) is 1. The van der Waals surface area contributed by atoms with Crippen LogP contribution in [0.15, 0.2) is 12.1 Å². The maximum atomic E-state index is 14.4. The van der Waals surface area contributed by atoms with Crippen molar-refractivity contribution in [2.24, 2.45) is 5.73 Å². The maximum Gasteiger partial charge on any atom is 0.147 e. The van der Waals surface area contributed by atoms with Crippen molar-refractivity contribution in [3.63, 3.8) is 0 Å². The first-order valence-electron chi connectivity index (χ1n) is 7.89. The quantitative estimate of drug-likeness (QED) is 0.853. The predicted octanol–water partition coefficient (Wildman–Crippen LogP) is 2.65. The Morgan fingerprint density at radius 2 is 1.91 bits per heavy atom. The highest BCUT2D eigenvalue weighted by Crippen LogP contribution is 2.48. The van der Waals surface area contributed by atoms with Crippen LogP contribution in [0.3, 0.4) is 0 Å². The van der Waals surface area contributed by atoms with Crippen molar-refractivity contribution < 1.29 is 18.6 Å². The van der Waals surface area contributed by atoms with E-state index in [1.165, 1.54) is 12.1 Å². The lowest BCUT2D eigenvalue weighted by atomic mass is 9.83. The van der Waals surface area contributed by atoms with Crippen LogP contribution in [0.4, 0.5) is 14.5 Å². The summed E-state index contributed by atoms with van der Waals surface area (Å²) in [4.78, 5) is 12.7. The van der Waals surface area contributed by atoms with Gasteiger partial charge in [0.15, 0.2) is 0 Å². The zero-order valence-electron chi connectivity index (χ0n) is 12.4. The van der Waals surface area contributed by atoms with Crippen molar-refractivity contribution >= 4 is 5.69 Å². The minimum Gasteiger partial charge on any atom is -0.363 e. The normalized spacial score (nSPS) is 33.9. The van der Waals surface area contributed by atoms with Crippen LogP contribution in [0.2, 0.25) is 0 Å². The highest BCUT2D eigenvalue weighted by atomic mass is 19.1. The molecule has 2 atom stereocenters. The van der Waals surface area contributed by atoms with Crippen molar-refractivity contribution in [2.75, 3.05) is 11.5 Å². The fourth-order valence-corrected chi connectivity index (χ4v) is 4.34. The molecule has 0 aliphatic carbocycles. The Balaban J connectivity index is 1.66. The second kappa shape index (κ2) is 5.15. The van der Waals surface area contributed by atoms with E-state index in [2.05, 4.69) is 0 Å². The first kappa shape index (κ1) is 14.4. The van der Waals surface area contributed by atoms with E-state index < -0.39 is 11.6 Å². The number of hydrogen-bond acceptors (Lipinski definition) is 4. The molecule has 120 valence electrons. The van der Waals surface area contributed by atoms with Crippen LogP contribution >= 0.6 is 0 Å². The minimum absolute atomic E-state index is 0.00415. The van der Waals surface area contributed by atoms with Gasteiger partial charge in [-0.25, -0.2) is 18.6 Å². The van der Waals surface area contributed by atoms with E-state index in [0.29, 0.717) is 12.3 Å². The molecule has 3 heterocycles. The first-order valence-corrected chi connectivity index (χ1v) is 7.89. The van der Waals surface area contributed by atoms with E-state index in [1.54, 1.807) is 0 Å². The van der Waals surface area contributed by atoms with Gasteiger partial charge in [0.05, 0.1) is 12.3 Å². The molecule has 2 N–H and O–H groups in total. The summed E-state index contributed by atoms with van der Waals surface area (Å²) in [5.74, 6) is -0.822. The summed E-state index contributed by atoms with van der Waals surface area (Å²) in [7, 11) is 0. The van der Waals surface area contributed by atoms with Gasteiger partial charge in [0.1, 0.15) is 17.2 Å². The van der Waals surface area contributed by atoms with Crippen LogP contribution in [0.25, 0.3) is 0 Å². The Kier molecular flexibility index (Phi) is 3.36. The summed E-state index contributed by atoms with van der Waals surface area (Å²) in [5.41, 5.74) is 5.79. The van der Waals surface area contributed by atoms with Gasteiger partial charge in [-0.2, -0.15) is 0 Å². The third-order valence-corrected chi connectivity index (χ3v) is 5.33. The van der Waals surface area contributed by atoms with Crippen LogP contribution in [0.1, 0.15) is 37.7 Å². The van der Waals surface area contributed by atoms with E-state index in [9.17, 15) is 8.78 Å². The molecule has 0 radical (unpaired) electrons. The van der Waals surface area contributed by atoms with Gasteiger partial charge < -0.3 is 10.6 Å². The molecule has 4 rings (SSSR count). The van der Waals surface area contributed by atoms with Gasteiger partial charge in [-0.3, -0.25) is 0 Å². The highest BCUT2D eigenvalue weighted by Gasteiger charge is 2.52. The molecule has 1 aromatic carbocycles. The Labute approximate surface area is 128 Å². The van der Waals surface area contributed by atoms with Gasteiger partial charge >= 0.3 is 0 Å². The van der Waals surface area contributed by atoms with Gasteiger partial charge in [-0.05, 0) is 18.9 Å². The van der Waals surface area contributed by atoms with Crippen molar-refractivity contribution in [1.82, 2.24) is 0 Å². The number of piperidine rings is 1. The summed E-state index contributed by atoms with van der Waals surface area (Å²) < 4.78 is 28.5. The van der Waals surface area contributed by atoms with Crippen LogP contribution in [0, 0.1) is 11.6 Å². The molecular weight excluding hydrogens is 290 g/mol. The molecule has 3 fully saturated rings. The Hall–Kier alpha value is -1.24. The van der Waals surface area contributed by atoms with Crippen molar-refractivity contribution in [3.05, 3.63) is 29.3 Å². The van der Waals surface area contributed by atoms with Crippen molar-refractivity contribution in [1.29, 1.82) is 0 Å². The Bertz CT molecular complexity index is 574. The second-order valence-electron chi connectivity index (χ2n) is 6.64. The van der Waals surface area contributed by atoms with Gasteiger partial charge in [-0.15, -0.1) is 0 Å². The molecule has 2 unspecified atom stereocenters. The number of fused-ring (bicyclic) bond motifs is 2. The summed E-state index contributed by atoms with van der Waals surface area (Å²) in [6.07, 6.45) is 4.47. The smallest absolute Gasteiger partial charge is 0.147 e. The number of anilines is 1. The van der Waals surface area contributed by atoms with Crippen LogP contribution in [-0.4, -0.2) is 24.3 Å². The maximum absolute atomic E-state index is 14.4. The lowest BCUT2D eigenvalue weighted by Gasteiger charge is -2.44. The second-order valence-corrected chi connectivity index (χ2v) is 6.64. The zero-order chi connectivity index (χ0) is 15.3. The Morgan fingerprint density at radius 3 is 2.50 bits per heavy atom. The van der Waals surface area contributed by atoms with Gasteiger partial charge in [0, 0.05) is 49.5 Å². The number of nitrogens with two attached hydrogens (primary N) is 1. The fraction of sp³-hybridized carbons (Fsp3) is 0.625. The van der Waals surface area contributed by atoms with E-state index >= 15 is 0 Å². The third-order valence-electron chi connectivity index (χ3n) is 5.33. The number of halogens is 2. The largest absolute Gasteiger partial charge is 0.363 e. The molecular formula is C16H20F2N2O2. The molecule has 2 bridgehead atoms. The standard InChI is InChI=1S/C16H20F2N2O2/c17-13-6-15(14(18)5-10(13)9-19)20-11-1-2-12(20)8-16(7-11)3-4-21-22-16/h5-6,11-12H,1-4,7-9,19H2. The van der Waals surface area contributed by atoms with E-state index in [1.807, 2.05) is 4.90 Å². The summed E-state index contributed by atoms with van der Waals surface area (Å²) >= 11 is 0. The monoisotopic (exact) mass is 310 g/mol. The number of rotatable bonds is 2. The Morgan fingerprint density at radius 1 is 1.18 bits per heavy atom. The highest BCUT2D eigenvalue weighted by molar-refractivity contribution is 5.53. The molecule has 3 aliphatic heterocycles. The van der Waals surface area contributed by atoms with E-state index in [4.69, 9.17) is 15.5 Å². The zero-order valence-corrected chi connectivity index (χ0v) is 12.4. The first-order chi connectivity index (χ1) is 10.6. The van der Waals surface area contributed by atoms with Gasteiger partial charge in [0.2, 0.25) is 0 Å². The molecule has 1 spiro atoms. The van der Waals surface area contributed by atoms with E-state index in [-0.39, 0.29) is 29.8 Å². The molecule has 3 saturated heterocycles. The number of nitrogens with zero attached hydrogens (tertiary/aromatic N) is 1. The lowest BCUT2D eigenvalue weighted by molar-refractivity contribution is -0.314. The molecule has 4 nitrogen and oxygen atoms in total. The molecule has 0 saturated carbocycles. The van der Waals surface area contributed by atoms with Crippen LogP contribution in [0.5, 0.6) is 0 Å². The van der Waals surface area contributed by atoms with Crippen LogP contribution in [-0.2, 0) is 16.3 Å². The molecule has 6 heteroatoms. The molecule has 3 aliphatic rings. The molecule has 22 heavy (non-hydrogen) atoms. The minimum atomic E-state index is -0.431. The van der Waals surface area contributed by atoms with Gasteiger partial charge in [0.25, 0.3) is 0 Å².